The fraction of sp³-hybridized carbons (Fsp3) is 0.429. The van der Waals surface area contributed by atoms with E-state index >= 15 is 0 Å². The molecule has 0 saturated heterocycles. The van der Waals surface area contributed by atoms with E-state index in [1.165, 1.54) is 0 Å². The molecule has 0 bridgehead atoms. The van der Waals surface area contributed by atoms with Gasteiger partial charge in [-0.05, 0) is 23.6 Å². The average Bonchev–Trinajstić information content (AvgIpc) is 2.38. The molecule has 1 rings (SSSR count). The van der Waals surface area contributed by atoms with Crippen molar-refractivity contribution >= 4 is 11.9 Å². The SMILES string of the molecule is CC(C)c1ccc(OC(CC(N)C(=O)O)C(=O)O)cc1. The van der Waals surface area contributed by atoms with Gasteiger partial charge in [0.25, 0.3) is 0 Å². The zero-order chi connectivity index (χ0) is 15.3. The van der Waals surface area contributed by atoms with Crippen molar-refractivity contribution < 1.29 is 24.5 Å². The van der Waals surface area contributed by atoms with Gasteiger partial charge in [0.1, 0.15) is 11.8 Å². The number of ether oxygens (including phenoxy) is 1. The van der Waals surface area contributed by atoms with Gasteiger partial charge in [0.2, 0.25) is 0 Å². The van der Waals surface area contributed by atoms with Gasteiger partial charge in [0, 0.05) is 6.42 Å². The first-order valence-corrected chi connectivity index (χ1v) is 6.29. The Balaban J connectivity index is 2.75. The van der Waals surface area contributed by atoms with Crippen LogP contribution >= 0.6 is 0 Å². The summed E-state index contributed by atoms with van der Waals surface area (Å²) in [5.74, 6) is -1.76. The lowest BCUT2D eigenvalue weighted by Crippen LogP contribution is -2.39. The molecule has 0 aliphatic carbocycles. The molecule has 0 spiro atoms. The second kappa shape index (κ2) is 6.91. The highest BCUT2D eigenvalue weighted by Crippen LogP contribution is 2.20. The van der Waals surface area contributed by atoms with Gasteiger partial charge in [0.05, 0.1) is 0 Å². The third-order valence-corrected chi connectivity index (χ3v) is 2.89. The van der Waals surface area contributed by atoms with Crippen molar-refractivity contribution in [1.29, 1.82) is 0 Å². The first-order chi connectivity index (χ1) is 9.31. The van der Waals surface area contributed by atoms with Crippen molar-refractivity contribution in [2.75, 3.05) is 0 Å². The normalized spacial score (nSPS) is 13.8. The Bertz CT molecular complexity index is 469. The molecule has 2 atom stereocenters. The molecular weight excluding hydrogens is 262 g/mol. The molecule has 110 valence electrons. The Kier molecular flexibility index (Phi) is 5.52. The van der Waals surface area contributed by atoms with E-state index in [0.29, 0.717) is 11.7 Å². The number of nitrogens with two attached hydrogens (primary N) is 1. The molecule has 6 nitrogen and oxygen atoms in total. The molecule has 0 heterocycles. The van der Waals surface area contributed by atoms with Crippen LogP contribution in [0.25, 0.3) is 0 Å². The maximum Gasteiger partial charge on any atom is 0.344 e. The number of rotatable bonds is 7. The summed E-state index contributed by atoms with van der Waals surface area (Å²) in [4.78, 5) is 21.7. The smallest absolute Gasteiger partial charge is 0.344 e. The molecule has 1 aromatic rings. The Labute approximate surface area is 117 Å². The third kappa shape index (κ3) is 4.55. The predicted molar refractivity (Wildman–Crippen MR) is 72.8 cm³/mol. The van der Waals surface area contributed by atoms with Crippen LogP contribution in [0, 0.1) is 0 Å². The van der Waals surface area contributed by atoms with Crippen LogP contribution in [0.4, 0.5) is 0 Å². The van der Waals surface area contributed by atoms with Gasteiger partial charge >= 0.3 is 11.9 Å². The molecule has 6 heteroatoms. The van der Waals surface area contributed by atoms with E-state index in [4.69, 9.17) is 20.7 Å². The van der Waals surface area contributed by atoms with Crippen LogP contribution in [0.1, 0.15) is 31.7 Å². The molecule has 0 fully saturated rings. The molecule has 4 N–H and O–H groups in total. The van der Waals surface area contributed by atoms with Gasteiger partial charge in [-0.2, -0.15) is 0 Å². The summed E-state index contributed by atoms with van der Waals surface area (Å²) >= 11 is 0. The van der Waals surface area contributed by atoms with E-state index in [2.05, 4.69) is 0 Å². The van der Waals surface area contributed by atoms with Crippen LogP contribution in [0.15, 0.2) is 24.3 Å². The highest BCUT2D eigenvalue weighted by atomic mass is 16.5. The van der Waals surface area contributed by atoms with Gasteiger partial charge < -0.3 is 20.7 Å². The molecule has 0 saturated carbocycles. The summed E-state index contributed by atoms with van der Waals surface area (Å²) in [6.45, 7) is 4.09. The molecule has 20 heavy (non-hydrogen) atoms. The fourth-order valence-electron chi connectivity index (χ4n) is 1.63. The first kappa shape index (κ1) is 16.0. The van der Waals surface area contributed by atoms with Crippen LogP contribution in [0.3, 0.4) is 0 Å². The number of carboxylic acids is 2. The van der Waals surface area contributed by atoms with Crippen LogP contribution in [-0.2, 0) is 9.59 Å². The fourth-order valence-corrected chi connectivity index (χ4v) is 1.63. The maximum atomic E-state index is 11.1. The summed E-state index contributed by atoms with van der Waals surface area (Å²) in [6.07, 6.45) is -1.58. The third-order valence-electron chi connectivity index (χ3n) is 2.89. The van der Waals surface area contributed by atoms with E-state index in [1.807, 2.05) is 26.0 Å². The predicted octanol–water partition coefficient (Wildman–Crippen LogP) is 1.44. The lowest BCUT2D eigenvalue weighted by Gasteiger charge is -2.17. The topological polar surface area (TPSA) is 110 Å². The molecule has 0 aliphatic rings. The molecular formula is C14H19NO5. The minimum Gasteiger partial charge on any atom is -0.480 e. The summed E-state index contributed by atoms with van der Waals surface area (Å²) in [5, 5.41) is 17.7. The minimum absolute atomic E-state index is 0.295. The zero-order valence-electron chi connectivity index (χ0n) is 11.4. The van der Waals surface area contributed by atoms with Gasteiger partial charge in [-0.25, -0.2) is 4.79 Å². The summed E-state index contributed by atoms with van der Waals surface area (Å²) in [5.41, 5.74) is 6.43. The van der Waals surface area contributed by atoms with E-state index in [0.717, 1.165) is 5.56 Å². The lowest BCUT2D eigenvalue weighted by atomic mass is 10.0. The minimum atomic E-state index is -1.29. The number of hydrogen-bond acceptors (Lipinski definition) is 4. The molecule has 0 radical (unpaired) electrons. The van der Waals surface area contributed by atoms with Crippen molar-refractivity contribution in [3.63, 3.8) is 0 Å². The average molecular weight is 281 g/mol. The standard InChI is InChI=1S/C14H19NO5/c1-8(2)9-3-5-10(6-4-9)20-12(14(18)19)7-11(15)13(16)17/h3-6,8,11-12H,7,15H2,1-2H3,(H,16,17)(H,18,19). The van der Waals surface area contributed by atoms with E-state index in [9.17, 15) is 9.59 Å². The largest absolute Gasteiger partial charge is 0.480 e. The highest BCUT2D eigenvalue weighted by Gasteiger charge is 2.26. The molecule has 2 unspecified atom stereocenters. The molecule has 0 aromatic heterocycles. The number of aliphatic carboxylic acids is 2. The highest BCUT2D eigenvalue weighted by molar-refractivity contribution is 5.77. The lowest BCUT2D eigenvalue weighted by molar-refractivity contribution is -0.146. The Morgan fingerprint density at radius 1 is 1.15 bits per heavy atom. The van der Waals surface area contributed by atoms with Crippen molar-refractivity contribution in [2.24, 2.45) is 5.73 Å². The van der Waals surface area contributed by atoms with Crippen molar-refractivity contribution in [1.82, 2.24) is 0 Å². The van der Waals surface area contributed by atoms with Crippen LogP contribution < -0.4 is 10.5 Å². The second-order valence-electron chi connectivity index (χ2n) is 4.85. The monoisotopic (exact) mass is 281 g/mol. The van der Waals surface area contributed by atoms with Gasteiger partial charge in [-0.15, -0.1) is 0 Å². The van der Waals surface area contributed by atoms with Crippen molar-refractivity contribution in [3.05, 3.63) is 29.8 Å². The summed E-state index contributed by atoms with van der Waals surface area (Å²) in [7, 11) is 0. The number of benzene rings is 1. The van der Waals surface area contributed by atoms with Crippen LogP contribution in [0.5, 0.6) is 5.75 Å². The van der Waals surface area contributed by atoms with Gasteiger partial charge in [-0.3, -0.25) is 4.79 Å². The maximum absolute atomic E-state index is 11.1. The van der Waals surface area contributed by atoms with E-state index in [-0.39, 0.29) is 6.42 Å². The van der Waals surface area contributed by atoms with Crippen LogP contribution in [0.2, 0.25) is 0 Å². The van der Waals surface area contributed by atoms with E-state index in [1.54, 1.807) is 12.1 Å². The first-order valence-electron chi connectivity index (χ1n) is 6.29. The molecule has 0 aliphatic heterocycles. The quantitative estimate of drug-likeness (QED) is 0.697. The Hall–Kier alpha value is -2.08. The van der Waals surface area contributed by atoms with Crippen LogP contribution in [-0.4, -0.2) is 34.3 Å². The summed E-state index contributed by atoms with van der Waals surface area (Å²) in [6, 6.07) is 5.74. The number of carbonyl (C=O) groups is 2. The van der Waals surface area contributed by atoms with Crippen molar-refractivity contribution in [3.8, 4) is 5.75 Å². The number of carboxylic acid groups (broad SMARTS) is 2. The Morgan fingerprint density at radius 2 is 1.70 bits per heavy atom. The number of hydrogen-bond donors (Lipinski definition) is 3. The molecule has 0 amide bonds. The summed E-state index contributed by atoms with van der Waals surface area (Å²) < 4.78 is 5.29. The zero-order valence-corrected chi connectivity index (χ0v) is 11.4. The second-order valence-corrected chi connectivity index (χ2v) is 4.85. The Morgan fingerprint density at radius 3 is 2.10 bits per heavy atom. The van der Waals surface area contributed by atoms with Gasteiger partial charge in [-0.1, -0.05) is 26.0 Å². The van der Waals surface area contributed by atoms with E-state index < -0.39 is 24.1 Å². The van der Waals surface area contributed by atoms with Gasteiger partial charge in [0.15, 0.2) is 6.10 Å². The molecule has 1 aromatic carbocycles. The van der Waals surface area contributed by atoms with Crippen molar-refractivity contribution in [2.45, 2.75) is 38.3 Å².